The molecule has 0 spiro atoms. The minimum absolute atomic E-state index is 0.0316. The standard InChI is InChI=1S/C22H21ClF3NO3/c1-4-10-30-17-7-5-6-14-18(17)20(29)27(19(14)28)21(2,3)12-13-8-9-16(23)15(11-13)22(24,25)26/h5-9,11H,4,10,12H2,1-3H3. The molecule has 4 nitrogen and oxygen atoms in total. The lowest BCUT2D eigenvalue weighted by atomic mass is 9.92. The van der Waals surface area contributed by atoms with Crippen LogP contribution in [0.4, 0.5) is 13.2 Å². The maximum absolute atomic E-state index is 13.2. The molecule has 0 N–H and O–H groups in total. The molecule has 0 atom stereocenters. The maximum Gasteiger partial charge on any atom is 0.417 e. The summed E-state index contributed by atoms with van der Waals surface area (Å²) in [7, 11) is 0. The van der Waals surface area contributed by atoms with Crippen LogP contribution >= 0.6 is 11.6 Å². The van der Waals surface area contributed by atoms with Crippen LogP contribution in [-0.2, 0) is 12.6 Å². The van der Waals surface area contributed by atoms with Crippen molar-refractivity contribution in [2.45, 2.75) is 45.3 Å². The van der Waals surface area contributed by atoms with Crippen molar-refractivity contribution in [3.05, 3.63) is 63.7 Å². The summed E-state index contributed by atoms with van der Waals surface area (Å²) in [6.45, 7) is 5.60. The Morgan fingerprint density at radius 3 is 2.40 bits per heavy atom. The maximum atomic E-state index is 13.2. The number of rotatable bonds is 6. The fraction of sp³-hybridized carbons (Fsp3) is 0.364. The fourth-order valence-corrected chi connectivity index (χ4v) is 3.84. The summed E-state index contributed by atoms with van der Waals surface area (Å²) in [6.07, 6.45) is -3.83. The smallest absolute Gasteiger partial charge is 0.417 e. The highest BCUT2D eigenvalue weighted by molar-refractivity contribution is 6.31. The summed E-state index contributed by atoms with van der Waals surface area (Å²) in [4.78, 5) is 27.2. The minimum Gasteiger partial charge on any atom is -0.493 e. The lowest BCUT2D eigenvalue weighted by Crippen LogP contribution is -2.49. The van der Waals surface area contributed by atoms with Gasteiger partial charge in [0.25, 0.3) is 11.8 Å². The van der Waals surface area contributed by atoms with Crippen molar-refractivity contribution in [3.8, 4) is 5.75 Å². The van der Waals surface area contributed by atoms with E-state index in [1.165, 1.54) is 12.1 Å². The second-order valence-corrected chi connectivity index (χ2v) is 8.18. The van der Waals surface area contributed by atoms with Crippen LogP contribution in [0.5, 0.6) is 5.75 Å². The van der Waals surface area contributed by atoms with Crippen molar-refractivity contribution in [3.63, 3.8) is 0 Å². The van der Waals surface area contributed by atoms with E-state index in [0.29, 0.717) is 17.9 Å². The summed E-state index contributed by atoms with van der Waals surface area (Å²) in [6, 6.07) is 8.42. The van der Waals surface area contributed by atoms with E-state index in [4.69, 9.17) is 16.3 Å². The number of carbonyl (C=O) groups is 2. The van der Waals surface area contributed by atoms with Gasteiger partial charge in [-0.15, -0.1) is 0 Å². The Morgan fingerprint density at radius 2 is 1.77 bits per heavy atom. The predicted molar refractivity (Wildman–Crippen MR) is 107 cm³/mol. The van der Waals surface area contributed by atoms with Crippen LogP contribution in [0.25, 0.3) is 0 Å². The van der Waals surface area contributed by atoms with Gasteiger partial charge in [0.2, 0.25) is 0 Å². The van der Waals surface area contributed by atoms with E-state index in [1.807, 2.05) is 6.92 Å². The molecule has 160 valence electrons. The first-order chi connectivity index (χ1) is 14.0. The van der Waals surface area contributed by atoms with Crippen molar-refractivity contribution in [2.75, 3.05) is 6.61 Å². The number of halogens is 4. The molecule has 2 amide bonds. The molecule has 8 heteroatoms. The first-order valence-corrected chi connectivity index (χ1v) is 9.85. The first kappa shape index (κ1) is 22.2. The number of fused-ring (bicyclic) bond motifs is 1. The highest BCUT2D eigenvalue weighted by atomic mass is 35.5. The quantitative estimate of drug-likeness (QED) is 0.537. The monoisotopic (exact) mass is 439 g/mol. The minimum atomic E-state index is -4.60. The van der Waals surface area contributed by atoms with Crippen LogP contribution in [0.3, 0.4) is 0 Å². The number of carbonyl (C=O) groups excluding carboxylic acids is 2. The van der Waals surface area contributed by atoms with Gasteiger partial charge in [0.1, 0.15) is 5.75 Å². The van der Waals surface area contributed by atoms with Gasteiger partial charge < -0.3 is 4.74 Å². The molecule has 3 rings (SSSR count). The van der Waals surface area contributed by atoms with E-state index >= 15 is 0 Å². The van der Waals surface area contributed by atoms with Gasteiger partial charge in [-0.3, -0.25) is 14.5 Å². The molecule has 0 unspecified atom stereocenters. The van der Waals surface area contributed by atoms with Crippen molar-refractivity contribution >= 4 is 23.4 Å². The van der Waals surface area contributed by atoms with E-state index in [-0.39, 0.29) is 17.5 Å². The topological polar surface area (TPSA) is 46.6 Å². The number of imide groups is 1. The van der Waals surface area contributed by atoms with Crippen LogP contribution in [0.1, 0.15) is 59.0 Å². The van der Waals surface area contributed by atoms with Gasteiger partial charge in [-0.25, -0.2) is 0 Å². The molecule has 2 aromatic rings. The molecule has 0 aromatic heterocycles. The average Bonchev–Trinajstić information content (AvgIpc) is 2.92. The Balaban J connectivity index is 1.94. The van der Waals surface area contributed by atoms with Gasteiger partial charge >= 0.3 is 6.18 Å². The number of alkyl halides is 3. The van der Waals surface area contributed by atoms with E-state index in [9.17, 15) is 22.8 Å². The van der Waals surface area contributed by atoms with Gasteiger partial charge in [0.05, 0.1) is 28.3 Å². The highest BCUT2D eigenvalue weighted by Gasteiger charge is 2.46. The fourth-order valence-electron chi connectivity index (χ4n) is 3.61. The summed E-state index contributed by atoms with van der Waals surface area (Å²) >= 11 is 5.69. The number of nitrogens with zero attached hydrogens (tertiary/aromatic N) is 1. The van der Waals surface area contributed by atoms with Crippen LogP contribution in [0.2, 0.25) is 5.02 Å². The molecule has 2 aromatic carbocycles. The van der Waals surface area contributed by atoms with Crippen molar-refractivity contribution in [2.24, 2.45) is 0 Å². The summed E-state index contributed by atoms with van der Waals surface area (Å²) < 4.78 is 45.2. The Bertz CT molecular complexity index is 1000. The third-order valence-electron chi connectivity index (χ3n) is 4.92. The number of hydrogen-bond acceptors (Lipinski definition) is 3. The molecule has 0 bridgehead atoms. The van der Waals surface area contributed by atoms with Gasteiger partial charge in [0.15, 0.2) is 0 Å². The van der Waals surface area contributed by atoms with Crippen molar-refractivity contribution in [1.29, 1.82) is 0 Å². The second-order valence-electron chi connectivity index (χ2n) is 7.77. The molecule has 0 fully saturated rings. The molecular formula is C22H21ClF3NO3. The Labute approximate surface area is 177 Å². The third-order valence-corrected chi connectivity index (χ3v) is 5.25. The van der Waals surface area contributed by atoms with Gasteiger partial charge in [-0.05, 0) is 56.5 Å². The lowest BCUT2D eigenvalue weighted by Gasteiger charge is -2.34. The molecule has 1 heterocycles. The zero-order valence-corrected chi connectivity index (χ0v) is 17.5. The number of ether oxygens (including phenoxy) is 1. The van der Waals surface area contributed by atoms with E-state index in [1.54, 1.807) is 32.0 Å². The van der Waals surface area contributed by atoms with E-state index in [2.05, 4.69) is 0 Å². The van der Waals surface area contributed by atoms with Crippen LogP contribution < -0.4 is 4.74 Å². The Morgan fingerprint density at radius 1 is 1.07 bits per heavy atom. The highest BCUT2D eigenvalue weighted by Crippen LogP contribution is 2.38. The van der Waals surface area contributed by atoms with Crippen LogP contribution in [0.15, 0.2) is 36.4 Å². The zero-order valence-electron chi connectivity index (χ0n) is 16.8. The van der Waals surface area contributed by atoms with Crippen molar-refractivity contribution < 1.29 is 27.5 Å². The molecule has 0 saturated carbocycles. The average molecular weight is 440 g/mol. The predicted octanol–water partition coefficient (Wildman–Crippen LogP) is 5.76. The summed E-state index contributed by atoms with van der Waals surface area (Å²) in [5, 5.41) is -0.400. The second kappa shape index (κ2) is 7.95. The molecule has 0 aliphatic carbocycles. The molecular weight excluding hydrogens is 419 g/mol. The third kappa shape index (κ3) is 4.03. The van der Waals surface area contributed by atoms with E-state index < -0.39 is 34.1 Å². The van der Waals surface area contributed by atoms with Gasteiger partial charge in [-0.1, -0.05) is 30.7 Å². The van der Waals surface area contributed by atoms with Gasteiger partial charge in [0, 0.05) is 5.54 Å². The number of benzene rings is 2. The number of hydrogen-bond donors (Lipinski definition) is 0. The van der Waals surface area contributed by atoms with Gasteiger partial charge in [-0.2, -0.15) is 13.2 Å². The van der Waals surface area contributed by atoms with E-state index in [0.717, 1.165) is 17.4 Å². The van der Waals surface area contributed by atoms with Crippen LogP contribution in [0, 0.1) is 0 Å². The number of amides is 2. The Kier molecular flexibility index (Phi) is 5.87. The molecule has 0 radical (unpaired) electrons. The molecule has 0 saturated heterocycles. The summed E-state index contributed by atoms with van der Waals surface area (Å²) in [5.41, 5.74) is -1.29. The normalized spacial score (nSPS) is 14.3. The lowest BCUT2D eigenvalue weighted by molar-refractivity contribution is -0.137. The SMILES string of the molecule is CCCOc1cccc2c1C(=O)N(C(C)(C)Cc1ccc(Cl)c(C(F)(F)F)c1)C2=O. The van der Waals surface area contributed by atoms with Crippen molar-refractivity contribution in [1.82, 2.24) is 4.90 Å². The first-order valence-electron chi connectivity index (χ1n) is 9.47. The zero-order chi connectivity index (χ0) is 22.3. The Hall–Kier alpha value is -2.54. The summed E-state index contributed by atoms with van der Waals surface area (Å²) in [5.74, 6) is -0.680. The molecule has 1 aliphatic rings. The molecule has 30 heavy (non-hydrogen) atoms. The largest absolute Gasteiger partial charge is 0.493 e. The van der Waals surface area contributed by atoms with Crippen LogP contribution in [-0.4, -0.2) is 28.9 Å². The molecule has 1 aliphatic heterocycles.